The molecule has 3 heterocycles. The number of aromatic hydroxyl groups is 1. The Labute approximate surface area is 159 Å². The number of alkyl halides is 3. The summed E-state index contributed by atoms with van der Waals surface area (Å²) in [6, 6.07) is 5.27. The lowest BCUT2D eigenvalue weighted by molar-refractivity contribution is -0.137. The van der Waals surface area contributed by atoms with Crippen LogP contribution in [0.1, 0.15) is 24.0 Å². The molecule has 0 unspecified atom stereocenters. The maximum Gasteiger partial charge on any atom is 0.416 e. The average Bonchev–Trinajstić information content (AvgIpc) is 3.02. The summed E-state index contributed by atoms with van der Waals surface area (Å²) in [5.41, 5.74) is 0.610. The van der Waals surface area contributed by atoms with E-state index in [-0.39, 0.29) is 5.56 Å². The van der Waals surface area contributed by atoms with Gasteiger partial charge in [0.15, 0.2) is 5.65 Å². The van der Waals surface area contributed by atoms with Crippen LogP contribution in [0, 0.1) is 12.8 Å². The number of ether oxygens (including phenoxy) is 1. The molecule has 1 aliphatic heterocycles. The summed E-state index contributed by atoms with van der Waals surface area (Å²) in [6.07, 6.45) is -0.608. The minimum Gasteiger partial charge on any atom is -0.507 e. The number of fused-ring (bicyclic) bond motifs is 1. The smallest absolute Gasteiger partial charge is 0.416 e. The third kappa shape index (κ3) is 3.69. The van der Waals surface area contributed by atoms with Crippen molar-refractivity contribution in [3.05, 3.63) is 41.6 Å². The molecule has 28 heavy (non-hydrogen) atoms. The highest BCUT2D eigenvalue weighted by Gasteiger charge is 2.32. The molecule has 0 radical (unpaired) electrons. The van der Waals surface area contributed by atoms with Gasteiger partial charge in [-0.25, -0.2) is 4.98 Å². The number of hydrogen-bond acceptors (Lipinski definition) is 4. The van der Waals surface area contributed by atoms with Gasteiger partial charge in [0.2, 0.25) is 0 Å². The summed E-state index contributed by atoms with van der Waals surface area (Å²) in [5.74, 6) is 0.0598. The topological polar surface area (TPSA) is 60.2 Å². The summed E-state index contributed by atoms with van der Waals surface area (Å²) < 4.78 is 46.0. The van der Waals surface area contributed by atoms with Gasteiger partial charge in [-0.3, -0.25) is 4.68 Å². The Morgan fingerprint density at radius 2 is 1.96 bits per heavy atom. The van der Waals surface area contributed by atoms with E-state index in [1.165, 1.54) is 6.92 Å². The monoisotopic (exact) mass is 391 g/mol. The van der Waals surface area contributed by atoms with Gasteiger partial charge in [-0.2, -0.15) is 18.3 Å². The lowest BCUT2D eigenvalue weighted by Crippen LogP contribution is -2.20. The maximum atomic E-state index is 12.9. The van der Waals surface area contributed by atoms with Gasteiger partial charge in [-0.05, 0) is 55.5 Å². The molecule has 0 bridgehead atoms. The minimum atomic E-state index is -4.51. The van der Waals surface area contributed by atoms with E-state index in [0.717, 1.165) is 50.1 Å². The van der Waals surface area contributed by atoms with E-state index in [2.05, 4.69) is 10.1 Å². The van der Waals surface area contributed by atoms with Crippen LogP contribution in [0.4, 0.5) is 13.2 Å². The number of phenolic OH excluding ortho intramolecular Hbond substituents is 1. The zero-order chi connectivity index (χ0) is 19.9. The first-order valence-corrected chi connectivity index (χ1v) is 9.14. The molecule has 0 aliphatic carbocycles. The molecule has 1 saturated heterocycles. The van der Waals surface area contributed by atoms with E-state index in [0.29, 0.717) is 22.8 Å². The average molecular weight is 391 g/mol. The maximum absolute atomic E-state index is 12.9. The molecule has 4 rings (SSSR count). The van der Waals surface area contributed by atoms with Crippen LogP contribution in [0.5, 0.6) is 5.75 Å². The van der Waals surface area contributed by atoms with Crippen molar-refractivity contribution >= 4 is 11.0 Å². The molecule has 3 aromatic rings. The Balaban J connectivity index is 1.66. The predicted molar refractivity (Wildman–Crippen MR) is 97.9 cm³/mol. The number of nitrogens with zero attached hydrogens (tertiary/aromatic N) is 3. The van der Waals surface area contributed by atoms with Gasteiger partial charge in [0.05, 0.1) is 11.3 Å². The molecule has 148 valence electrons. The standard InChI is InChI=1S/C20H20F3N3O2/c1-12-8-15(20(21,22)23)9-17(27)18(12)16-3-2-14-11-26(25-19(14)24-16)10-13-4-6-28-7-5-13/h2-3,8-9,11,13,27H,4-7,10H2,1H3. The second kappa shape index (κ2) is 7.09. The molecule has 0 atom stereocenters. The summed E-state index contributed by atoms with van der Waals surface area (Å²) in [5, 5.41) is 15.6. The Morgan fingerprint density at radius 3 is 2.64 bits per heavy atom. The van der Waals surface area contributed by atoms with Crippen molar-refractivity contribution in [1.29, 1.82) is 0 Å². The van der Waals surface area contributed by atoms with E-state index < -0.39 is 17.5 Å². The van der Waals surface area contributed by atoms with Crippen molar-refractivity contribution < 1.29 is 23.0 Å². The second-order valence-corrected chi connectivity index (χ2v) is 7.20. The van der Waals surface area contributed by atoms with E-state index in [4.69, 9.17) is 4.74 Å². The van der Waals surface area contributed by atoms with Gasteiger partial charge in [0.1, 0.15) is 5.75 Å². The van der Waals surface area contributed by atoms with Crippen molar-refractivity contribution in [3.8, 4) is 17.0 Å². The van der Waals surface area contributed by atoms with E-state index in [9.17, 15) is 18.3 Å². The fourth-order valence-corrected chi connectivity index (χ4v) is 3.64. The van der Waals surface area contributed by atoms with Crippen molar-refractivity contribution in [1.82, 2.24) is 14.8 Å². The quantitative estimate of drug-likeness (QED) is 0.711. The van der Waals surface area contributed by atoms with Gasteiger partial charge >= 0.3 is 6.18 Å². The summed E-state index contributed by atoms with van der Waals surface area (Å²) in [7, 11) is 0. The largest absolute Gasteiger partial charge is 0.507 e. The van der Waals surface area contributed by atoms with E-state index in [1.54, 1.807) is 6.07 Å². The fraction of sp³-hybridized carbons (Fsp3) is 0.400. The van der Waals surface area contributed by atoms with Gasteiger partial charge in [-0.1, -0.05) is 0 Å². The highest BCUT2D eigenvalue weighted by Crippen LogP contribution is 2.38. The van der Waals surface area contributed by atoms with Gasteiger partial charge in [0.25, 0.3) is 0 Å². The zero-order valence-electron chi connectivity index (χ0n) is 15.3. The Hall–Kier alpha value is -2.61. The molecule has 0 amide bonds. The third-order valence-corrected chi connectivity index (χ3v) is 5.10. The molecular formula is C20H20F3N3O2. The van der Waals surface area contributed by atoms with Crippen LogP contribution in [-0.2, 0) is 17.5 Å². The Kier molecular flexibility index (Phi) is 4.74. The number of rotatable bonds is 3. The number of pyridine rings is 1. The third-order valence-electron chi connectivity index (χ3n) is 5.10. The Bertz CT molecular complexity index is 985. The molecule has 0 saturated carbocycles. The number of benzene rings is 1. The SMILES string of the molecule is Cc1cc(C(F)(F)F)cc(O)c1-c1ccc2cn(CC3CCOCC3)nc2n1. The number of aromatic nitrogens is 3. The van der Waals surface area contributed by atoms with E-state index in [1.807, 2.05) is 16.9 Å². The molecule has 1 aliphatic rings. The van der Waals surface area contributed by atoms with E-state index >= 15 is 0 Å². The van der Waals surface area contributed by atoms with Crippen molar-refractivity contribution in [2.24, 2.45) is 5.92 Å². The minimum absolute atomic E-state index is 0.286. The first-order chi connectivity index (χ1) is 13.3. The zero-order valence-corrected chi connectivity index (χ0v) is 15.3. The molecule has 5 nitrogen and oxygen atoms in total. The lowest BCUT2D eigenvalue weighted by Gasteiger charge is -2.21. The van der Waals surface area contributed by atoms with Gasteiger partial charge < -0.3 is 9.84 Å². The van der Waals surface area contributed by atoms with Gasteiger partial charge in [-0.15, -0.1) is 0 Å². The van der Waals surface area contributed by atoms with Crippen molar-refractivity contribution in [2.45, 2.75) is 32.5 Å². The number of halogens is 3. The molecule has 0 spiro atoms. The highest BCUT2D eigenvalue weighted by molar-refractivity contribution is 5.80. The summed E-state index contributed by atoms with van der Waals surface area (Å²) in [6.45, 7) is 3.83. The predicted octanol–water partition coefficient (Wildman–Crippen LogP) is 4.56. The van der Waals surface area contributed by atoms with Crippen LogP contribution in [0.2, 0.25) is 0 Å². The first-order valence-electron chi connectivity index (χ1n) is 9.14. The Morgan fingerprint density at radius 1 is 1.21 bits per heavy atom. The number of hydrogen-bond donors (Lipinski definition) is 1. The van der Waals surface area contributed by atoms with Crippen LogP contribution in [0.25, 0.3) is 22.3 Å². The highest BCUT2D eigenvalue weighted by atomic mass is 19.4. The summed E-state index contributed by atoms with van der Waals surface area (Å²) in [4.78, 5) is 4.47. The van der Waals surface area contributed by atoms with Gasteiger partial charge in [0, 0.05) is 36.9 Å². The molecule has 8 heteroatoms. The molecular weight excluding hydrogens is 371 g/mol. The van der Waals surface area contributed by atoms with Crippen LogP contribution >= 0.6 is 0 Å². The molecule has 1 fully saturated rings. The summed E-state index contributed by atoms with van der Waals surface area (Å²) >= 11 is 0. The number of phenols is 1. The van der Waals surface area contributed by atoms with Crippen molar-refractivity contribution in [2.75, 3.05) is 13.2 Å². The lowest BCUT2D eigenvalue weighted by atomic mass is 10.00. The van der Waals surface area contributed by atoms with Crippen molar-refractivity contribution in [3.63, 3.8) is 0 Å². The normalized spacial score (nSPS) is 16.0. The first kappa shape index (κ1) is 18.7. The number of aryl methyl sites for hydroxylation is 1. The molecule has 2 aromatic heterocycles. The second-order valence-electron chi connectivity index (χ2n) is 7.20. The van der Waals surface area contributed by atoms with Crippen LogP contribution in [0.3, 0.4) is 0 Å². The fourth-order valence-electron chi connectivity index (χ4n) is 3.64. The van der Waals surface area contributed by atoms with Crippen LogP contribution in [0.15, 0.2) is 30.5 Å². The molecule has 1 N–H and O–H groups in total. The van der Waals surface area contributed by atoms with Crippen LogP contribution in [-0.4, -0.2) is 33.1 Å². The molecule has 1 aromatic carbocycles. The van der Waals surface area contributed by atoms with Crippen LogP contribution < -0.4 is 0 Å².